The van der Waals surface area contributed by atoms with Crippen LogP contribution in [-0.4, -0.2) is 44.6 Å². The Labute approximate surface area is 176 Å². The second-order valence-corrected chi connectivity index (χ2v) is 7.99. The molecule has 1 atom stereocenters. The van der Waals surface area contributed by atoms with E-state index in [4.69, 9.17) is 11.6 Å². The van der Waals surface area contributed by atoms with Gasteiger partial charge >= 0.3 is 0 Å². The molecule has 1 unspecified atom stereocenters. The molecule has 9 heteroatoms. The number of aromatic nitrogens is 3. The Bertz CT molecular complexity index is 910. The maximum atomic E-state index is 12.6. The van der Waals surface area contributed by atoms with Gasteiger partial charge in [-0.15, -0.1) is 0 Å². The number of nitrogens with zero attached hydrogens (tertiary/aromatic N) is 4. The maximum absolute atomic E-state index is 12.6. The highest BCUT2D eigenvalue weighted by Crippen LogP contribution is 2.22. The van der Waals surface area contributed by atoms with E-state index in [-0.39, 0.29) is 17.7 Å². The average molecular weight is 467 g/mol. The van der Waals surface area contributed by atoms with Gasteiger partial charge in [-0.2, -0.15) is 5.10 Å². The summed E-state index contributed by atoms with van der Waals surface area (Å²) in [5, 5.41) is 7.53. The lowest BCUT2D eigenvalue weighted by molar-refractivity contribution is -0.130. The molecule has 1 aliphatic heterocycles. The number of amides is 2. The van der Waals surface area contributed by atoms with Gasteiger partial charge in [-0.25, -0.2) is 4.98 Å². The quantitative estimate of drug-likeness (QED) is 0.700. The summed E-state index contributed by atoms with van der Waals surface area (Å²) in [6, 6.07) is 3.55. The average Bonchev–Trinajstić information content (AvgIpc) is 2.93. The normalized spacial score (nSPS) is 17.1. The summed E-state index contributed by atoms with van der Waals surface area (Å²) in [5.74, 6) is -0.0282. The number of anilines is 1. The first-order chi connectivity index (χ1) is 13.3. The molecule has 148 valence electrons. The predicted molar refractivity (Wildman–Crippen MR) is 112 cm³/mol. The predicted octanol–water partition coefficient (Wildman–Crippen LogP) is 3.43. The number of hydrogen-bond acceptors (Lipinski definition) is 4. The third-order valence-electron chi connectivity index (χ3n) is 4.67. The van der Waals surface area contributed by atoms with Crippen molar-refractivity contribution in [3.05, 3.63) is 45.3 Å². The zero-order chi connectivity index (χ0) is 20.3. The van der Waals surface area contributed by atoms with E-state index in [1.165, 1.54) is 6.08 Å². The van der Waals surface area contributed by atoms with Gasteiger partial charge in [0, 0.05) is 42.4 Å². The van der Waals surface area contributed by atoms with E-state index in [9.17, 15) is 9.59 Å². The molecule has 0 aliphatic carbocycles. The number of likely N-dealkylation sites (tertiary alicyclic amines) is 1. The molecule has 1 aliphatic rings. The molecule has 7 nitrogen and oxygen atoms in total. The first kappa shape index (κ1) is 20.5. The van der Waals surface area contributed by atoms with E-state index in [1.807, 2.05) is 13.0 Å². The number of halogens is 2. The SMILES string of the molecule is Cc1nn(C)c(Cl)c1/C=C/C(=O)N1CCCC(C(=O)Nc2ccc(Br)cn2)C1. The van der Waals surface area contributed by atoms with Crippen molar-refractivity contribution >= 4 is 51.2 Å². The molecule has 0 spiro atoms. The molecule has 2 aromatic rings. The van der Waals surface area contributed by atoms with Gasteiger partial charge in [0.1, 0.15) is 11.0 Å². The summed E-state index contributed by atoms with van der Waals surface area (Å²) in [6.45, 7) is 2.85. The van der Waals surface area contributed by atoms with Gasteiger partial charge in [0.15, 0.2) is 0 Å². The number of carbonyl (C=O) groups is 2. The van der Waals surface area contributed by atoms with Gasteiger partial charge in [-0.1, -0.05) is 11.6 Å². The Morgan fingerprint density at radius 1 is 1.39 bits per heavy atom. The zero-order valence-electron chi connectivity index (χ0n) is 15.7. The number of carbonyl (C=O) groups excluding carboxylic acids is 2. The van der Waals surface area contributed by atoms with Crippen molar-refractivity contribution in [1.29, 1.82) is 0 Å². The minimum atomic E-state index is -0.264. The minimum Gasteiger partial charge on any atom is -0.338 e. The fourth-order valence-corrected chi connectivity index (χ4v) is 3.64. The first-order valence-electron chi connectivity index (χ1n) is 8.93. The van der Waals surface area contributed by atoms with Crippen LogP contribution in [0.5, 0.6) is 0 Å². The number of pyridine rings is 1. The van der Waals surface area contributed by atoms with Crippen molar-refractivity contribution in [2.75, 3.05) is 18.4 Å². The number of rotatable bonds is 4. The third kappa shape index (κ3) is 4.80. The zero-order valence-corrected chi connectivity index (χ0v) is 18.0. The topological polar surface area (TPSA) is 80.1 Å². The van der Waals surface area contributed by atoms with Crippen molar-refractivity contribution < 1.29 is 9.59 Å². The Hall–Kier alpha value is -2.19. The summed E-state index contributed by atoms with van der Waals surface area (Å²) >= 11 is 9.51. The van der Waals surface area contributed by atoms with Crippen molar-refractivity contribution in [2.24, 2.45) is 13.0 Å². The van der Waals surface area contributed by atoms with E-state index < -0.39 is 0 Å². The highest BCUT2D eigenvalue weighted by molar-refractivity contribution is 9.10. The fourth-order valence-electron chi connectivity index (χ4n) is 3.17. The van der Waals surface area contributed by atoms with Crippen LogP contribution < -0.4 is 5.32 Å². The number of nitrogens with one attached hydrogen (secondary N) is 1. The summed E-state index contributed by atoms with van der Waals surface area (Å²) in [7, 11) is 1.75. The lowest BCUT2D eigenvalue weighted by Gasteiger charge is -2.31. The summed E-state index contributed by atoms with van der Waals surface area (Å²) in [5.41, 5.74) is 1.49. The number of hydrogen-bond donors (Lipinski definition) is 1. The van der Waals surface area contributed by atoms with Crippen molar-refractivity contribution in [1.82, 2.24) is 19.7 Å². The fraction of sp³-hybridized carbons (Fsp3) is 0.368. The second-order valence-electron chi connectivity index (χ2n) is 6.72. The minimum absolute atomic E-state index is 0.123. The van der Waals surface area contributed by atoms with Crippen LogP contribution in [0.1, 0.15) is 24.1 Å². The van der Waals surface area contributed by atoms with E-state index in [0.717, 1.165) is 28.6 Å². The van der Waals surface area contributed by atoms with Gasteiger partial charge in [-0.3, -0.25) is 14.3 Å². The Balaban J connectivity index is 1.62. The highest BCUT2D eigenvalue weighted by atomic mass is 79.9. The number of piperidine rings is 1. The van der Waals surface area contributed by atoms with Crippen molar-refractivity contribution in [3.8, 4) is 0 Å². The molecule has 3 heterocycles. The smallest absolute Gasteiger partial charge is 0.246 e. The van der Waals surface area contributed by atoms with Gasteiger partial charge in [0.05, 0.1) is 11.6 Å². The summed E-state index contributed by atoms with van der Waals surface area (Å²) in [6.07, 6.45) is 6.32. The monoisotopic (exact) mass is 465 g/mol. The molecule has 1 fully saturated rings. The molecule has 1 N–H and O–H groups in total. The maximum Gasteiger partial charge on any atom is 0.246 e. The van der Waals surface area contributed by atoms with Crippen molar-refractivity contribution in [3.63, 3.8) is 0 Å². The van der Waals surface area contributed by atoms with Crippen LogP contribution in [0.2, 0.25) is 5.15 Å². The Kier molecular flexibility index (Phi) is 6.51. The molecular weight excluding hydrogens is 446 g/mol. The van der Waals surface area contributed by atoms with Gasteiger partial charge in [0.2, 0.25) is 11.8 Å². The molecule has 28 heavy (non-hydrogen) atoms. The van der Waals surface area contributed by atoms with Crippen LogP contribution in [0.3, 0.4) is 0 Å². The highest BCUT2D eigenvalue weighted by Gasteiger charge is 2.28. The molecule has 2 amide bonds. The van der Waals surface area contributed by atoms with E-state index in [0.29, 0.717) is 24.1 Å². The molecule has 0 bridgehead atoms. The molecule has 1 saturated heterocycles. The standard InChI is InChI=1S/C19H21BrClN5O2/c1-12-15(18(21)25(2)24-12)6-8-17(27)26-9-3-4-13(11-26)19(28)23-16-7-5-14(20)10-22-16/h5-8,10,13H,3-4,9,11H2,1-2H3,(H,22,23,28)/b8-6+. The molecule has 0 saturated carbocycles. The van der Waals surface area contributed by atoms with Gasteiger partial charge in [-0.05, 0) is 53.9 Å². The largest absolute Gasteiger partial charge is 0.338 e. The van der Waals surface area contributed by atoms with Crippen LogP contribution >= 0.6 is 27.5 Å². The summed E-state index contributed by atoms with van der Waals surface area (Å²) in [4.78, 5) is 31.0. The van der Waals surface area contributed by atoms with E-state index in [2.05, 4.69) is 31.3 Å². The molecule has 0 radical (unpaired) electrons. The van der Waals surface area contributed by atoms with E-state index >= 15 is 0 Å². The number of aryl methyl sites for hydroxylation is 2. The van der Waals surface area contributed by atoms with E-state index in [1.54, 1.807) is 35.0 Å². The molecular formula is C19H21BrClN5O2. The molecule has 0 aromatic carbocycles. The molecule has 2 aromatic heterocycles. The van der Waals surface area contributed by atoms with Gasteiger partial charge in [0.25, 0.3) is 0 Å². The second kappa shape index (κ2) is 8.87. The lowest BCUT2D eigenvalue weighted by atomic mass is 9.97. The van der Waals surface area contributed by atoms with Gasteiger partial charge < -0.3 is 10.2 Å². The lowest BCUT2D eigenvalue weighted by Crippen LogP contribution is -2.43. The van der Waals surface area contributed by atoms with Crippen LogP contribution in [0.4, 0.5) is 5.82 Å². The van der Waals surface area contributed by atoms with Crippen LogP contribution in [0.25, 0.3) is 6.08 Å². The van der Waals surface area contributed by atoms with Crippen LogP contribution in [0.15, 0.2) is 28.9 Å². The summed E-state index contributed by atoms with van der Waals surface area (Å²) < 4.78 is 2.41. The Morgan fingerprint density at radius 2 is 2.18 bits per heavy atom. The Morgan fingerprint density at radius 3 is 2.82 bits per heavy atom. The first-order valence-corrected chi connectivity index (χ1v) is 10.1. The van der Waals surface area contributed by atoms with Crippen LogP contribution in [0, 0.1) is 12.8 Å². The molecule has 3 rings (SSSR count). The van der Waals surface area contributed by atoms with Crippen LogP contribution in [-0.2, 0) is 16.6 Å². The van der Waals surface area contributed by atoms with Crippen molar-refractivity contribution in [2.45, 2.75) is 19.8 Å². The third-order valence-corrected chi connectivity index (χ3v) is 5.59.